The molecule has 0 radical (unpaired) electrons. The van der Waals surface area contributed by atoms with Crippen LogP contribution in [0.2, 0.25) is 0 Å². The molecule has 0 bridgehead atoms. The molecule has 18 heavy (non-hydrogen) atoms. The molecule has 1 aromatic heterocycles. The largest absolute Gasteiger partial charge is 0.369 e. The van der Waals surface area contributed by atoms with Crippen molar-refractivity contribution >= 4 is 5.82 Å². The van der Waals surface area contributed by atoms with Crippen molar-refractivity contribution in [2.45, 2.75) is 26.7 Å². The Labute approximate surface area is 108 Å². The summed E-state index contributed by atoms with van der Waals surface area (Å²) in [4.78, 5) is 0. The van der Waals surface area contributed by atoms with E-state index in [0.717, 1.165) is 23.6 Å². The summed E-state index contributed by atoms with van der Waals surface area (Å²) in [5, 5.41) is 11.5. The molecule has 0 aliphatic rings. The quantitative estimate of drug-likeness (QED) is 0.887. The van der Waals surface area contributed by atoms with Gasteiger partial charge in [-0.3, -0.25) is 0 Å². The van der Waals surface area contributed by atoms with Gasteiger partial charge in [0.05, 0.1) is 5.69 Å². The molecular weight excluding hydrogens is 222 g/mol. The van der Waals surface area contributed by atoms with Gasteiger partial charge in [0.15, 0.2) is 0 Å². The molecule has 94 valence electrons. The number of hydrogen-bond donors (Lipinski definition) is 1. The highest BCUT2D eigenvalue weighted by Crippen LogP contribution is 2.21. The van der Waals surface area contributed by atoms with Gasteiger partial charge in [-0.15, -0.1) is 10.2 Å². The highest BCUT2D eigenvalue weighted by atomic mass is 15.2. The highest BCUT2D eigenvalue weighted by molar-refractivity contribution is 5.60. The van der Waals surface area contributed by atoms with Gasteiger partial charge in [0.1, 0.15) is 5.82 Å². The third-order valence-electron chi connectivity index (χ3n) is 2.90. The molecule has 1 heterocycles. The van der Waals surface area contributed by atoms with Crippen molar-refractivity contribution in [2.75, 3.05) is 11.9 Å². The molecule has 0 saturated heterocycles. The molecule has 0 spiro atoms. The maximum absolute atomic E-state index is 4.23. The standard InChI is InChI=1S/C15H19N3/c1-4-16-15-10-9-14(17-18-15)13-7-5-12(6-8-13)11(2)3/h5-11H,4H2,1-3H3,(H,16,18). The normalized spacial score (nSPS) is 10.7. The number of benzene rings is 1. The molecule has 2 aromatic rings. The molecule has 3 heteroatoms. The van der Waals surface area contributed by atoms with Crippen molar-refractivity contribution in [1.29, 1.82) is 0 Å². The first-order valence-corrected chi connectivity index (χ1v) is 6.38. The molecule has 0 saturated carbocycles. The fraction of sp³-hybridized carbons (Fsp3) is 0.333. The lowest BCUT2D eigenvalue weighted by Gasteiger charge is -2.07. The Kier molecular flexibility index (Phi) is 3.92. The van der Waals surface area contributed by atoms with Crippen LogP contribution in [0.3, 0.4) is 0 Å². The van der Waals surface area contributed by atoms with Gasteiger partial charge in [-0.1, -0.05) is 38.1 Å². The van der Waals surface area contributed by atoms with Gasteiger partial charge in [-0.05, 0) is 30.5 Å². The third kappa shape index (κ3) is 2.86. The number of anilines is 1. The van der Waals surface area contributed by atoms with Crippen LogP contribution < -0.4 is 5.32 Å². The molecular formula is C15H19N3. The van der Waals surface area contributed by atoms with Crippen LogP contribution in [0.4, 0.5) is 5.82 Å². The summed E-state index contributed by atoms with van der Waals surface area (Å²) >= 11 is 0. The molecule has 0 fully saturated rings. The summed E-state index contributed by atoms with van der Waals surface area (Å²) in [6, 6.07) is 12.5. The fourth-order valence-electron chi connectivity index (χ4n) is 1.80. The molecule has 3 nitrogen and oxygen atoms in total. The molecule has 0 atom stereocenters. The highest BCUT2D eigenvalue weighted by Gasteiger charge is 2.02. The molecule has 1 N–H and O–H groups in total. The van der Waals surface area contributed by atoms with Crippen LogP contribution in [-0.4, -0.2) is 16.7 Å². The predicted octanol–water partition coefficient (Wildman–Crippen LogP) is 3.70. The lowest BCUT2D eigenvalue weighted by atomic mass is 10.0. The Morgan fingerprint density at radius 3 is 2.22 bits per heavy atom. The van der Waals surface area contributed by atoms with Gasteiger partial charge < -0.3 is 5.32 Å². The Balaban J connectivity index is 2.20. The number of aromatic nitrogens is 2. The van der Waals surface area contributed by atoms with E-state index in [1.165, 1.54) is 5.56 Å². The lowest BCUT2D eigenvalue weighted by molar-refractivity contribution is 0.867. The first-order chi connectivity index (χ1) is 8.70. The van der Waals surface area contributed by atoms with Crippen molar-refractivity contribution in [1.82, 2.24) is 10.2 Å². The Morgan fingerprint density at radius 1 is 1.00 bits per heavy atom. The average molecular weight is 241 g/mol. The van der Waals surface area contributed by atoms with Crippen LogP contribution in [0, 0.1) is 0 Å². The maximum atomic E-state index is 4.23. The summed E-state index contributed by atoms with van der Waals surface area (Å²) in [5.74, 6) is 1.38. The van der Waals surface area contributed by atoms with E-state index in [0.29, 0.717) is 5.92 Å². The van der Waals surface area contributed by atoms with Gasteiger partial charge in [0.25, 0.3) is 0 Å². The van der Waals surface area contributed by atoms with E-state index in [4.69, 9.17) is 0 Å². The Morgan fingerprint density at radius 2 is 1.72 bits per heavy atom. The summed E-state index contributed by atoms with van der Waals surface area (Å²) in [6.45, 7) is 7.29. The van der Waals surface area contributed by atoms with Crippen molar-refractivity contribution in [3.05, 3.63) is 42.0 Å². The first-order valence-electron chi connectivity index (χ1n) is 6.38. The number of rotatable bonds is 4. The minimum Gasteiger partial charge on any atom is -0.369 e. The second-order valence-corrected chi connectivity index (χ2v) is 4.61. The van der Waals surface area contributed by atoms with Gasteiger partial charge >= 0.3 is 0 Å². The van der Waals surface area contributed by atoms with E-state index in [1.54, 1.807) is 0 Å². The zero-order chi connectivity index (χ0) is 13.0. The summed E-state index contributed by atoms with van der Waals surface area (Å²) < 4.78 is 0. The Hall–Kier alpha value is -1.90. The maximum Gasteiger partial charge on any atom is 0.148 e. The molecule has 0 aliphatic carbocycles. The molecule has 0 amide bonds. The second-order valence-electron chi connectivity index (χ2n) is 4.61. The lowest BCUT2D eigenvalue weighted by Crippen LogP contribution is -2.00. The SMILES string of the molecule is CCNc1ccc(-c2ccc(C(C)C)cc2)nn1. The smallest absolute Gasteiger partial charge is 0.148 e. The van der Waals surface area contributed by atoms with E-state index in [9.17, 15) is 0 Å². The molecule has 0 unspecified atom stereocenters. The van der Waals surface area contributed by atoms with Crippen molar-refractivity contribution in [2.24, 2.45) is 0 Å². The van der Waals surface area contributed by atoms with E-state index < -0.39 is 0 Å². The van der Waals surface area contributed by atoms with E-state index in [-0.39, 0.29) is 0 Å². The van der Waals surface area contributed by atoms with Crippen molar-refractivity contribution in [3.63, 3.8) is 0 Å². The fourth-order valence-corrected chi connectivity index (χ4v) is 1.80. The summed E-state index contributed by atoms with van der Waals surface area (Å²) in [7, 11) is 0. The average Bonchev–Trinajstić information content (AvgIpc) is 2.40. The van der Waals surface area contributed by atoms with E-state index >= 15 is 0 Å². The topological polar surface area (TPSA) is 37.8 Å². The summed E-state index contributed by atoms with van der Waals surface area (Å²) in [6.07, 6.45) is 0. The van der Waals surface area contributed by atoms with Crippen LogP contribution in [0.5, 0.6) is 0 Å². The summed E-state index contributed by atoms with van der Waals surface area (Å²) in [5.41, 5.74) is 3.36. The minimum absolute atomic E-state index is 0.557. The van der Waals surface area contributed by atoms with Crippen molar-refractivity contribution in [3.8, 4) is 11.3 Å². The van der Waals surface area contributed by atoms with Crippen LogP contribution in [0.25, 0.3) is 11.3 Å². The van der Waals surface area contributed by atoms with Gasteiger partial charge in [0, 0.05) is 12.1 Å². The van der Waals surface area contributed by atoms with Crippen LogP contribution in [0.15, 0.2) is 36.4 Å². The predicted molar refractivity (Wildman–Crippen MR) is 75.7 cm³/mol. The van der Waals surface area contributed by atoms with Crippen LogP contribution in [0.1, 0.15) is 32.3 Å². The number of nitrogens with one attached hydrogen (secondary N) is 1. The van der Waals surface area contributed by atoms with E-state index in [1.807, 2.05) is 19.1 Å². The third-order valence-corrected chi connectivity index (χ3v) is 2.90. The number of hydrogen-bond acceptors (Lipinski definition) is 3. The minimum atomic E-state index is 0.557. The monoisotopic (exact) mass is 241 g/mol. The zero-order valence-electron chi connectivity index (χ0n) is 11.1. The zero-order valence-corrected chi connectivity index (χ0v) is 11.1. The number of nitrogens with zero attached hydrogens (tertiary/aromatic N) is 2. The van der Waals surface area contributed by atoms with Gasteiger partial charge in [0.2, 0.25) is 0 Å². The van der Waals surface area contributed by atoms with Crippen molar-refractivity contribution < 1.29 is 0 Å². The van der Waals surface area contributed by atoms with Crippen LogP contribution >= 0.6 is 0 Å². The second kappa shape index (κ2) is 5.63. The molecule has 0 aliphatic heterocycles. The van der Waals surface area contributed by atoms with Crippen LogP contribution in [-0.2, 0) is 0 Å². The van der Waals surface area contributed by atoms with Gasteiger partial charge in [-0.25, -0.2) is 0 Å². The molecule has 2 rings (SSSR count). The first kappa shape index (κ1) is 12.6. The Bertz CT molecular complexity index is 486. The van der Waals surface area contributed by atoms with Gasteiger partial charge in [-0.2, -0.15) is 0 Å². The van der Waals surface area contributed by atoms with E-state index in [2.05, 4.69) is 53.6 Å². The molecule has 1 aromatic carbocycles.